The lowest BCUT2D eigenvalue weighted by Crippen LogP contribution is -2.24. The van der Waals surface area contributed by atoms with Gasteiger partial charge < -0.3 is 10.2 Å². The molecule has 22 heavy (non-hydrogen) atoms. The molecule has 5 heteroatoms. The van der Waals surface area contributed by atoms with E-state index in [4.69, 9.17) is 11.6 Å². The molecule has 2 aliphatic rings. The number of benzene rings is 1. The molecule has 0 bridgehead atoms. The molecule has 3 rings (SSSR count). The molecule has 1 aromatic carbocycles. The Kier molecular flexibility index (Phi) is 4.48. The summed E-state index contributed by atoms with van der Waals surface area (Å²) in [7, 11) is 0. The van der Waals surface area contributed by atoms with Crippen LogP contribution in [-0.2, 0) is 9.59 Å². The quantitative estimate of drug-likeness (QED) is 0.859. The van der Waals surface area contributed by atoms with Gasteiger partial charge in [0.05, 0.1) is 10.7 Å². The van der Waals surface area contributed by atoms with Crippen LogP contribution < -0.4 is 10.2 Å². The summed E-state index contributed by atoms with van der Waals surface area (Å²) in [5.41, 5.74) is 1.40. The van der Waals surface area contributed by atoms with E-state index in [-0.39, 0.29) is 11.8 Å². The Morgan fingerprint density at radius 1 is 1.41 bits per heavy atom. The molecule has 0 saturated carbocycles. The molecule has 1 atom stereocenters. The van der Waals surface area contributed by atoms with Crippen molar-refractivity contribution in [1.82, 2.24) is 0 Å². The van der Waals surface area contributed by atoms with Crippen LogP contribution in [-0.4, -0.2) is 18.4 Å². The van der Waals surface area contributed by atoms with Crippen molar-refractivity contribution in [2.45, 2.75) is 32.1 Å². The zero-order valence-electron chi connectivity index (χ0n) is 12.3. The summed E-state index contributed by atoms with van der Waals surface area (Å²) in [6.45, 7) is 0.707. The first-order chi connectivity index (χ1) is 10.6. The van der Waals surface area contributed by atoms with Gasteiger partial charge in [0, 0.05) is 25.1 Å². The van der Waals surface area contributed by atoms with Gasteiger partial charge in [0.25, 0.3) is 0 Å². The molecule has 1 aliphatic heterocycles. The Morgan fingerprint density at radius 3 is 2.91 bits per heavy atom. The minimum Gasteiger partial charge on any atom is -0.326 e. The van der Waals surface area contributed by atoms with E-state index in [0.29, 0.717) is 36.0 Å². The normalized spacial score (nSPS) is 20.7. The number of allylic oxidation sites excluding steroid dienone is 2. The lowest BCUT2D eigenvalue weighted by Gasteiger charge is -2.18. The molecule has 0 spiro atoms. The predicted octanol–water partition coefficient (Wildman–Crippen LogP) is 3.76. The van der Waals surface area contributed by atoms with Crippen LogP contribution in [0.2, 0.25) is 5.02 Å². The van der Waals surface area contributed by atoms with Gasteiger partial charge >= 0.3 is 0 Å². The summed E-state index contributed by atoms with van der Waals surface area (Å²) < 4.78 is 0. The average Bonchev–Trinajstić information content (AvgIpc) is 3.11. The van der Waals surface area contributed by atoms with E-state index in [1.165, 1.54) is 0 Å². The van der Waals surface area contributed by atoms with E-state index in [1.54, 1.807) is 23.1 Å². The SMILES string of the molecule is O=C(CC1C=CCC1)Nc1ccc(N2CCCC2=O)c(Cl)c1. The van der Waals surface area contributed by atoms with E-state index in [2.05, 4.69) is 17.5 Å². The summed E-state index contributed by atoms with van der Waals surface area (Å²) >= 11 is 6.27. The summed E-state index contributed by atoms with van der Waals surface area (Å²) in [6.07, 6.45) is 8.27. The van der Waals surface area contributed by atoms with Crippen molar-refractivity contribution in [3.8, 4) is 0 Å². The van der Waals surface area contributed by atoms with Crippen molar-refractivity contribution in [1.29, 1.82) is 0 Å². The number of carbonyl (C=O) groups is 2. The fourth-order valence-corrected chi connectivity index (χ4v) is 3.30. The maximum Gasteiger partial charge on any atom is 0.227 e. The molecule has 0 radical (unpaired) electrons. The fraction of sp³-hybridized carbons (Fsp3) is 0.412. The second-order valence-electron chi connectivity index (χ2n) is 5.83. The van der Waals surface area contributed by atoms with Crippen LogP contribution >= 0.6 is 11.6 Å². The molecule has 116 valence electrons. The first-order valence-electron chi connectivity index (χ1n) is 7.70. The lowest BCUT2D eigenvalue weighted by atomic mass is 10.1. The number of halogens is 1. The topological polar surface area (TPSA) is 49.4 Å². The third-order valence-electron chi connectivity index (χ3n) is 4.16. The molecule has 1 unspecified atom stereocenters. The molecule has 2 amide bonds. The van der Waals surface area contributed by atoms with Gasteiger partial charge in [-0.3, -0.25) is 9.59 Å². The van der Waals surface area contributed by atoms with Crippen LogP contribution in [0.4, 0.5) is 11.4 Å². The Bertz CT molecular complexity index is 627. The molecule has 4 nitrogen and oxygen atoms in total. The smallest absolute Gasteiger partial charge is 0.227 e. The van der Waals surface area contributed by atoms with Crippen LogP contribution in [0.25, 0.3) is 0 Å². The standard InChI is InChI=1S/C17H19ClN2O2/c18-14-11-13(19-16(21)10-12-4-1-2-5-12)7-8-15(14)20-9-3-6-17(20)22/h1,4,7-8,11-12H,2-3,5-6,9-10H2,(H,19,21). The highest BCUT2D eigenvalue weighted by atomic mass is 35.5. The van der Waals surface area contributed by atoms with Gasteiger partial charge in [-0.05, 0) is 43.4 Å². The maximum atomic E-state index is 12.0. The van der Waals surface area contributed by atoms with Gasteiger partial charge in [-0.15, -0.1) is 0 Å². The number of hydrogen-bond donors (Lipinski definition) is 1. The molecule has 1 fully saturated rings. The highest BCUT2D eigenvalue weighted by Gasteiger charge is 2.23. The zero-order chi connectivity index (χ0) is 15.5. The van der Waals surface area contributed by atoms with Gasteiger partial charge in [0.2, 0.25) is 11.8 Å². The van der Waals surface area contributed by atoms with Crippen molar-refractivity contribution >= 4 is 34.8 Å². The van der Waals surface area contributed by atoms with Crippen LogP contribution in [0.3, 0.4) is 0 Å². The van der Waals surface area contributed by atoms with E-state index in [9.17, 15) is 9.59 Å². The van der Waals surface area contributed by atoms with Crippen molar-refractivity contribution in [2.24, 2.45) is 5.92 Å². The second kappa shape index (κ2) is 6.53. The van der Waals surface area contributed by atoms with Gasteiger partial charge in [-0.1, -0.05) is 23.8 Å². The number of anilines is 2. The van der Waals surface area contributed by atoms with Crippen molar-refractivity contribution in [3.63, 3.8) is 0 Å². The van der Waals surface area contributed by atoms with Crippen LogP contribution in [0.15, 0.2) is 30.4 Å². The van der Waals surface area contributed by atoms with Crippen LogP contribution in [0.1, 0.15) is 32.1 Å². The Hall–Kier alpha value is -1.81. The summed E-state index contributed by atoms with van der Waals surface area (Å²) in [5, 5.41) is 3.37. The Morgan fingerprint density at radius 2 is 2.27 bits per heavy atom. The minimum atomic E-state index is -0.00221. The number of nitrogens with zero attached hydrogens (tertiary/aromatic N) is 1. The number of nitrogens with one attached hydrogen (secondary N) is 1. The largest absolute Gasteiger partial charge is 0.326 e. The third kappa shape index (κ3) is 3.33. The second-order valence-corrected chi connectivity index (χ2v) is 6.24. The third-order valence-corrected chi connectivity index (χ3v) is 4.46. The summed E-state index contributed by atoms with van der Waals surface area (Å²) in [4.78, 5) is 25.5. The first-order valence-corrected chi connectivity index (χ1v) is 8.08. The van der Waals surface area contributed by atoms with Crippen molar-refractivity contribution < 1.29 is 9.59 Å². The molecule has 1 saturated heterocycles. The average molecular weight is 319 g/mol. The number of rotatable bonds is 4. The highest BCUT2D eigenvalue weighted by Crippen LogP contribution is 2.32. The number of carbonyl (C=O) groups excluding carboxylic acids is 2. The first kappa shape index (κ1) is 15.1. The van der Waals surface area contributed by atoms with Gasteiger partial charge in [-0.25, -0.2) is 0 Å². The monoisotopic (exact) mass is 318 g/mol. The lowest BCUT2D eigenvalue weighted by molar-refractivity contribution is -0.117. The number of hydrogen-bond acceptors (Lipinski definition) is 2. The number of amides is 2. The minimum absolute atomic E-state index is 0.00221. The fourth-order valence-electron chi connectivity index (χ4n) is 3.02. The van der Waals surface area contributed by atoms with E-state index < -0.39 is 0 Å². The summed E-state index contributed by atoms with van der Waals surface area (Å²) in [5.74, 6) is 0.446. The van der Waals surface area contributed by atoms with Crippen molar-refractivity contribution in [2.75, 3.05) is 16.8 Å². The van der Waals surface area contributed by atoms with Gasteiger partial charge in [0.1, 0.15) is 0 Å². The van der Waals surface area contributed by atoms with Crippen LogP contribution in [0.5, 0.6) is 0 Å². The summed E-state index contributed by atoms with van der Waals surface area (Å²) in [6, 6.07) is 5.32. The molecule has 0 aromatic heterocycles. The molecular formula is C17H19ClN2O2. The van der Waals surface area contributed by atoms with E-state index in [1.807, 2.05) is 0 Å². The van der Waals surface area contributed by atoms with Gasteiger partial charge in [0.15, 0.2) is 0 Å². The van der Waals surface area contributed by atoms with Gasteiger partial charge in [-0.2, -0.15) is 0 Å². The maximum absolute atomic E-state index is 12.0. The molecule has 1 heterocycles. The van der Waals surface area contributed by atoms with E-state index in [0.717, 1.165) is 24.9 Å². The van der Waals surface area contributed by atoms with Crippen molar-refractivity contribution in [3.05, 3.63) is 35.4 Å². The molecular weight excluding hydrogens is 300 g/mol. The highest BCUT2D eigenvalue weighted by molar-refractivity contribution is 6.34. The van der Waals surface area contributed by atoms with Crippen LogP contribution in [0, 0.1) is 5.92 Å². The van der Waals surface area contributed by atoms with E-state index >= 15 is 0 Å². The molecule has 1 aliphatic carbocycles. The molecule has 1 N–H and O–H groups in total. The zero-order valence-corrected chi connectivity index (χ0v) is 13.1. The molecule has 1 aromatic rings. The Balaban J connectivity index is 1.65. The Labute approximate surface area is 135 Å². The predicted molar refractivity (Wildman–Crippen MR) is 88.1 cm³/mol.